The minimum atomic E-state index is 0.109. The first-order chi connectivity index (χ1) is 12.4. The molecule has 0 saturated heterocycles. The molecule has 130 valence electrons. The highest BCUT2D eigenvalue weighted by molar-refractivity contribution is 5.82. The van der Waals surface area contributed by atoms with Crippen LogP contribution in [0.1, 0.15) is 36.9 Å². The molecule has 0 N–H and O–H groups in total. The SMILES string of the molecule is CC(C)(C)c1ccc(-c2nc3ccc(-c4ccc(C=O)o4)cc3o2)cc1. The molecular weight excluding hydrogens is 326 g/mol. The van der Waals surface area contributed by atoms with Gasteiger partial charge in [0.1, 0.15) is 11.3 Å². The second-order valence-electron chi connectivity index (χ2n) is 7.35. The van der Waals surface area contributed by atoms with Gasteiger partial charge in [-0.05, 0) is 53.4 Å². The molecule has 4 aromatic rings. The van der Waals surface area contributed by atoms with E-state index in [-0.39, 0.29) is 5.41 Å². The maximum atomic E-state index is 10.8. The van der Waals surface area contributed by atoms with Crippen LogP contribution in [0.5, 0.6) is 0 Å². The third kappa shape index (κ3) is 2.94. The van der Waals surface area contributed by atoms with E-state index in [9.17, 15) is 4.79 Å². The van der Waals surface area contributed by atoms with E-state index < -0.39 is 0 Å². The monoisotopic (exact) mass is 345 g/mol. The van der Waals surface area contributed by atoms with Crippen molar-refractivity contribution in [2.45, 2.75) is 26.2 Å². The average Bonchev–Trinajstić information content (AvgIpc) is 3.27. The first-order valence-electron chi connectivity index (χ1n) is 8.51. The van der Waals surface area contributed by atoms with Gasteiger partial charge in [-0.15, -0.1) is 0 Å². The van der Waals surface area contributed by atoms with Crippen LogP contribution >= 0.6 is 0 Å². The number of hydrogen-bond acceptors (Lipinski definition) is 4. The van der Waals surface area contributed by atoms with Gasteiger partial charge in [0.2, 0.25) is 5.89 Å². The summed E-state index contributed by atoms with van der Waals surface area (Å²) < 4.78 is 11.4. The maximum Gasteiger partial charge on any atom is 0.227 e. The lowest BCUT2D eigenvalue weighted by atomic mass is 9.87. The fourth-order valence-corrected chi connectivity index (χ4v) is 2.89. The van der Waals surface area contributed by atoms with Crippen LogP contribution in [0.3, 0.4) is 0 Å². The Morgan fingerprint density at radius 2 is 1.62 bits per heavy atom. The zero-order valence-corrected chi connectivity index (χ0v) is 14.9. The molecule has 0 spiro atoms. The molecule has 0 amide bonds. The van der Waals surface area contributed by atoms with Gasteiger partial charge in [-0.1, -0.05) is 32.9 Å². The molecule has 0 saturated carbocycles. The number of nitrogens with zero attached hydrogens (tertiary/aromatic N) is 1. The molecule has 0 aliphatic rings. The Labute approximate surface area is 151 Å². The van der Waals surface area contributed by atoms with E-state index in [2.05, 4.69) is 37.9 Å². The average molecular weight is 345 g/mol. The lowest BCUT2D eigenvalue weighted by Gasteiger charge is -2.18. The second-order valence-corrected chi connectivity index (χ2v) is 7.35. The Kier molecular flexibility index (Phi) is 3.76. The van der Waals surface area contributed by atoms with Crippen molar-refractivity contribution in [3.63, 3.8) is 0 Å². The van der Waals surface area contributed by atoms with Crippen LogP contribution in [-0.2, 0) is 5.41 Å². The van der Waals surface area contributed by atoms with Crippen molar-refractivity contribution in [2.24, 2.45) is 0 Å². The molecule has 0 radical (unpaired) electrons. The first-order valence-corrected chi connectivity index (χ1v) is 8.51. The van der Waals surface area contributed by atoms with E-state index in [4.69, 9.17) is 8.83 Å². The molecule has 2 heterocycles. The molecule has 2 aromatic carbocycles. The Hall–Kier alpha value is -3.14. The third-order valence-corrected chi connectivity index (χ3v) is 4.41. The number of benzene rings is 2. The third-order valence-electron chi connectivity index (χ3n) is 4.41. The lowest BCUT2D eigenvalue weighted by molar-refractivity contribution is 0.110. The summed E-state index contributed by atoms with van der Waals surface area (Å²) in [5, 5.41) is 0. The van der Waals surface area contributed by atoms with Crippen LogP contribution < -0.4 is 0 Å². The summed E-state index contributed by atoms with van der Waals surface area (Å²) in [6.45, 7) is 6.56. The number of fused-ring (bicyclic) bond motifs is 1. The summed E-state index contributed by atoms with van der Waals surface area (Å²) in [4.78, 5) is 15.4. The highest BCUT2D eigenvalue weighted by Gasteiger charge is 2.15. The van der Waals surface area contributed by atoms with E-state index in [1.807, 2.05) is 30.3 Å². The van der Waals surface area contributed by atoms with Gasteiger partial charge in [-0.2, -0.15) is 0 Å². The number of oxazole rings is 1. The summed E-state index contributed by atoms with van der Waals surface area (Å²) in [6, 6.07) is 17.4. The molecule has 2 aromatic heterocycles. The molecule has 4 rings (SSSR count). The lowest BCUT2D eigenvalue weighted by Crippen LogP contribution is -2.10. The van der Waals surface area contributed by atoms with Crippen molar-refractivity contribution >= 4 is 17.4 Å². The molecular formula is C22H19NO3. The zero-order valence-electron chi connectivity index (χ0n) is 14.9. The fourth-order valence-electron chi connectivity index (χ4n) is 2.89. The van der Waals surface area contributed by atoms with Crippen LogP contribution in [-0.4, -0.2) is 11.3 Å². The highest BCUT2D eigenvalue weighted by Crippen LogP contribution is 2.30. The van der Waals surface area contributed by atoms with E-state index >= 15 is 0 Å². The van der Waals surface area contributed by atoms with Crippen molar-refractivity contribution < 1.29 is 13.6 Å². The number of hydrogen-bond donors (Lipinski definition) is 0. The molecule has 4 nitrogen and oxygen atoms in total. The molecule has 26 heavy (non-hydrogen) atoms. The van der Waals surface area contributed by atoms with Crippen LogP contribution in [0.25, 0.3) is 33.9 Å². The highest BCUT2D eigenvalue weighted by atomic mass is 16.4. The summed E-state index contributed by atoms with van der Waals surface area (Å²) in [6.07, 6.45) is 0.690. The number of aromatic nitrogens is 1. The topological polar surface area (TPSA) is 56.2 Å². The molecule has 4 heteroatoms. The summed E-state index contributed by atoms with van der Waals surface area (Å²) >= 11 is 0. The van der Waals surface area contributed by atoms with Gasteiger partial charge in [-0.25, -0.2) is 4.98 Å². The molecule has 0 aliphatic carbocycles. The van der Waals surface area contributed by atoms with E-state index in [0.717, 1.165) is 16.6 Å². The van der Waals surface area contributed by atoms with Gasteiger partial charge in [0.25, 0.3) is 0 Å². The fraction of sp³-hybridized carbons (Fsp3) is 0.182. The van der Waals surface area contributed by atoms with Gasteiger partial charge in [0.05, 0.1) is 0 Å². The molecule has 0 unspecified atom stereocenters. The van der Waals surface area contributed by atoms with Crippen LogP contribution in [0, 0.1) is 0 Å². The van der Waals surface area contributed by atoms with Crippen molar-refractivity contribution in [2.75, 3.05) is 0 Å². The summed E-state index contributed by atoms with van der Waals surface area (Å²) in [5.41, 5.74) is 4.63. The minimum absolute atomic E-state index is 0.109. The standard InChI is InChI=1S/C22H19NO3/c1-22(2,3)16-7-4-14(5-8-16)21-23-18-10-6-15(12-20(18)26-21)19-11-9-17(13-24)25-19/h4-13H,1-3H3. The van der Waals surface area contributed by atoms with Crippen LogP contribution in [0.15, 0.2) is 63.4 Å². The predicted octanol–water partition coefficient (Wildman–Crippen LogP) is 5.86. The molecule has 0 fully saturated rings. The minimum Gasteiger partial charge on any atom is -0.453 e. The number of rotatable bonds is 3. The number of carbonyl (C=O) groups is 1. The predicted molar refractivity (Wildman–Crippen MR) is 101 cm³/mol. The van der Waals surface area contributed by atoms with E-state index in [1.165, 1.54) is 5.56 Å². The smallest absolute Gasteiger partial charge is 0.227 e. The second kappa shape index (κ2) is 5.99. The van der Waals surface area contributed by atoms with Gasteiger partial charge >= 0.3 is 0 Å². The van der Waals surface area contributed by atoms with Crippen molar-refractivity contribution in [3.8, 4) is 22.8 Å². The maximum absolute atomic E-state index is 10.8. The quantitative estimate of drug-likeness (QED) is 0.436. The van der Waals surface area contributed by atoms with Crippen molar-refractivity contribution in [3.05, 3.63) is 65.9 Å². The first kappa shape index (κ1) is 16.3. The number of carbonyl (C=O) groups excluding carboxylic acids is 1. The summed E-state index contributed by atoms with van der Waals surface area (Å²) in [5.74, 6) is 1.52. The number of aldehydes is 1. The van der Waals surface area contributed by atoms with Gasteiger partial charge < -0.3 is 8.83 Å². The van der Waals surface area contributed by atoms with Gasteiger partial charge in [-0.3, -0.25) is 4.79 Å². The molecule has 0 bridgehead atoms. The number of furan rings is 1. The Morgan fingerprint density at radius 1 is 0.885 bits per heavy atom. The molecule has 0 aliphatic heterocycles. The van der Waals surface area contributed by atoms with Gasteiger partial charge in [0, 0.05) is 11.1 Å². The van der Waals surface area contributed by atoms with Gasteiger partial charge in [0.15, 0.2) is 17.6 Å². The van der Waals surface area contributed by atoms with E-state index in [1.54, 1.807) is 12.1 Å². The van der Waals surface area contributed by atoms with Crippen molar-refractivity contribution in [1.82, 2.24) is 4.98 Å². The van der Waals surface area contributed by atoms with Crippen LogP contribution in [0.2, 0.25) is 0 Å². The Morgan fingerprint density at radius 3 is 2.27 bits per heavy atom. The Bertz CT molecular complexity index is 1080. The summed E-state index contributed by atoms with van der Waals surface area (Å²) in [7, 11) is 0. The van der Waals surface area contributed by atoms with Crippen molar-refractivity contribution in [1.29, 1.82) is 0 Å². The normalized spacial score (nSPS) is 11.8. The van der Waals surface area contributed by atoms with Crippen LogP contribution in [0.4, 0.5) is 0 Å². The van der Waals surface area contributed by atoms with E-state index in [0.29, 0.717) is 29.3 Å². The molecule has 0 atom stereocenters. The Balaban J connectivity index is 1.70. The zero-order chi connectivity index (χ0) is 18.3. The largest absolute Gasteiger partial charge is 0.453 e.